The van der Waals surface area contributed by atoms with E-state index in [1.54, 1.807) is 6.20 Å². The lowest BCUT2D eigenvalue weighted by Crippen LogP contribution is -2.15. The maximum absolute atomic E-state index is 9.62. The molecule has 0 aromatic carbocycles. The van der Waals surface area contributed by atoms with E-state index in [4.69, 9.17) is 5.73 Å². The van der Waals surface area contributed by atoms with Gasteiger partial charge in [-0.25, -0.2) is 9.97 Å². The highest BCUT2D eigenvalue weighted by atomic mass is 16.3. The number of rotatable bonds is 2. The van der Waals surface area contributed by atoms with Crippen molar-refractivity contribution in [2.24, 2.45) is 5.73 Å². The Balaban J connectivity index is 2.64. The summed E-state index contributed by atoms with van der Waals surface area (Å²) in [7, 11) is 0. The molecular formula is C9H13N5O. The summed E-state index contributed by atoms with van der Waals surface area (Å²) in [6, 6.07) is 0. The van der Waals surface area contributed by atoms with Crippen molar-refractivity contribution in [1.29, 1.82) is 0 Å². The first-order chi connectivity index (χ1) is 7.13. The molecular weight excluding hydrogens is 194 g/mol. The van der Waals surface area contributed by atoms with Crippen LogP contribution in [0.25, 0.3) is 5.78 Å². The van der Waals surface area contributed by atoms with Gasteiger partial charge in [0.05, 0.1) is 23.3 Å². The van der Waals surface area contributed by atoms with E-state index in [0.29, 0.717) is 11.5 Å². The highest BCUT2D eigenvalue weighted by Gasteiger charge is 2.13. The van der Waals surface area contributed by atoms with Gasteiger partial charge >= 0.3 is 0 Å². The van der Waals surface area contributed by atoms with Crippen LogP contribution in [0.5, 0.6) is 0 Å². The Kier molecular flexibility index (Phi) is 2.37. The predicted molar refractivity (Wildman–Crippen MR) is 54.3 cm³/mol. The Hall–Kier alpha value is -1.53. The van der Waals surface area contributed by atoms with Gasteiger partial charge in [-0.2, -0.15) is 9.61 Å². The zero-order valence-corrected chi connectivity index (χ0v) is 8.68. The quantitative estimate of drug-likeness (QED) is 0.707. The smallest absolute Gasteiger partial charge is 0.251 e. The van der Waals surface area contributed by atoms with Gasteiger partial charge < -0.3 is 10.8 Å². The molecule has 0 aliphatic rings. The maximum Gasteiger partial charge on any atom is 0.251 e. The Morgan fingerprint density at radius 3 is 2.87 bits per heavy atom. The van der Waals surface area contributed by atoms with Crippen molar-refractivity contribution in [3.05, 3.63) is 23.3 Å². The number of aryl methyl sites for hydroxylation is 2. The predicted octanol–water partition coefficient (Wildman–Crippen LogP) is -0.267. The lowest BCUT2D eigenvalue weighted by atomic mass is 10.3. The molecule has 0 fully saturated rings. The van der Waals surface area contributed by atoms with Crippen LogP contribution in [0.4, 0.5) is 0 Å². The summed E-state index contributed by atoms with van der Waals surface area (Å²) >= 11 is 0. The lowest BCUT2D eigenvalue weighted by molar-refractivity contribution is 0.179. The average Bonchev–Trinajstić information content (AvgIpc) is 2.61. The average molecular weight is 207 g/mol. The van der Waals surface area contributed by atoms with Crippen LogP contribution >= 0.6 is 0 Å². The second-order valence-corrected chi connectivity index (χ2v) is 3.43. The van der Waals surface area contributed by atoms with Crippen molar-refractivity contribution in [2.45, 2.75) is 20.0 Å². The maximum atomic E-state index is 9.62. The fourth-order valence-electron chi connectivity index (χ4n) is 1.33. The van der Waals surface area contributed by atoms with Gasteiger partial charge in [0.15, 0.2) is 0 Å². The van der Waals surface area contributed by atoms with Gasteiger partial charge in [0.25, 0.3) is 5.78 Å². The molecule has 1 atom stereocenters. The van der Waals surface area contributed by atoms with Gasteiger partial charge in [0.2, 0.25) is 0 Å². The van der Waals surface area contributed by atoms with Crippen LogP contribution in [0.3, 0.4) is 0 Å². The Bertz CT molecular complexity index is 492. The summed E-state index contributed by atoms with van der Waals surface area (Å²) in [6.07, 6.45) is 0.794. The molecule has 0 saturated heterocycles. The molecule has 3 N–H and O–H groups in total. The van der Waals surface area contributed by atoms with Crippen molar-refractivity contribution in [3.8, 4) is 0 Å². The Labute approximate surface area is 86.8 Å². The molecule has 0 bridgehead atoms. The second kappa shape index (κ2) is 3.56. The van der Waals surface area contributed by atoms with Crippen molar-refractivity contribution in [1.82, 2.24) is 19.6 Å². The Morgan fingerprint density at radius 1 is 1.47 bits per heavy atom. The van der Waals surface area contributed by atoms with Crippen molar-refractivity contribution in [3.63, 3.8) is 0 Å². The molecule has 0 amide bonds. The van der Waals surface area contributed by atoms with E-state index in [1.165, 1.54) is 4.52 Å². The van der Waals surface area contributed by atoms with Crippen LogP contribution in [-0.2, 0) is 0 Å². The van der Waals surface area contributed by atoms with Crippen LogP contribution in [0.15, 0.2) is 6.20 Å². The number of hydrogen-bond donors (Lipinski definition) is 2. The largest absolute Gasteiger partial charge is 0.385 e. The molecule has 0 aliphatic carbocycles. The SMILES string of the molecule is Cc1nc2ncc(C(O)CN)n2nc1C. The van der Waals surface area contributed by atoms with Crippen molar-refractivity contribution < 1.29 is 5.11 Å². The van der Waals surface area contributed by atoms with Gasteiger partial charge in [-0.05, 0) is 13.8 Å². The van der Waals surface area contributed by atoms with E-state index in [-0.39, 0.29) is 6.54 Å². The summed E-state index contributed by atoms with van der Waals surface area (Å²) in [5, 5.41) is 13.9. The summed E-state index contributed by atoms with van der Waals surface area (Å²) in [6.45, 7) is 3.87. The fourth-order valence-corrected chi connectivity index (χ4v) is 1.33. The minimum Gasteiger partial charge on any atom is -0.385 e. The summed E-state index contributed by atoms with van der Waals surface area (Å²) in [5.41, 5.74) is 7.60. The van der Waals surface area contributed by atoms with Crippen molar-refractivity contribution in [2.75, 3.05) is 6.54 Å². The molecule has 15 heavy (non-hydrogen) atoms. The minimum absolute atomic E-state index is 0.141. The number of hydrogen-bond acceptors (Lipinski definition) is 5. The molecule has 2 rings (SSSR count). The third-order valence-corrected chi connectivity index (χ3v) is 2.35. The van der Waals surface area contributed by atoms with Gasteiger partial charge in [-0.15, -0.1) is 0 Å². The number of nitrogens with zero attached hydrogens (tertiary/aromatic N) is 4. The van der Waals surface area contributed by atoms with Gasteiger partial charge in [0.1, 0.15) is 6.10 Å². The minimum atomic E-state index is -0.753. The van der Waals surface area contributed by atoms with E-state index < -0.39 is 6.10 Å². The second-order valence-electron chi connectivity index (χ2n) is 3.43. The van der Waals surface area contributed by atoms with E-state index in [1.807, 2.05) is 13.8 Å². The molecule has 2 aromatic heterocycles. The Morgan fingerprint density at radius 2 is 2.20 bits per heavy atom. The highest BCUT2D eigenvalue weighted by Crippen LogP contribution is 2.12. The topological polar surface area (TPSA) is 89.3 Å². The molecule has 6 heteroatoms. The van der Waals surface area contributed by atoms with Gasteiger partial charge in [0, 0.05) is 6.54 Å². The molecule has 0 spiro atoms. The van der Waals surface area contributed by atoms with E-state index in [0.717, 1.165) is 11.4 Å². The molecule has 0 saturated carbocycles. The van der Waals surface area contributed by atoms with E-state index in [2.05, 4.69) is 15.1 Å². The molecule has 0 radical (unpaired) electrons. The standard InChI is InChI=1S/C9H13N5O/c1-5-6(2)13-14-7(8(15)3-10)4-11-9(14)12-5/h4,8,15H,3,10H2,1-2H3. The number of imidazole rings is 1. The summed E-state index contributed by atoms with van der Waals surface area (Å²) < 4.78 is 1.53. The van der Waals surface area contributed by atoms with Crippen LogP contribution in [0.2, 0.25) is 0 Å². The number of fused-ring (bicyclic) bond motifs is 1. The first-order valence-corrected chi connectivity index (χ1v) is 4.70. The number of aliphatic hydroxyl groups excluding tert-OH is 1. The van der Waals surface area contributed by atoms with Gasteiger partial charge in [-0.1, -0.05) is 0 Å². The normalized spacial score (nSPS) is 13.3. The summed E-state index contributed by atoms with van der Waals surface area (Å²) in [4.78, 5) is 8.31. The first kappa shape index (κ1) is 10.0. The lowest BCUT2D eigenvalue weighted by Gasteiger charge is -2.06. The molecule has 1 unspecified atom stereocenters. The third kappa shape index (κ3) is 1.57. The van der Waals surface area contributed by atoms with Gasteiger partial charge in [-0.3, -0.25) is 0 Å². The fraction of sp³-hybridized carbons (Fsp3) is 0.444. The van der Waals surface area contributed by atoms with Crippen LogP contribution in [0, 0.1) is 13.8 Å². The van der Waals surface area contributed by atoms with Crippen LogP contribution in [-0.4, -0.2) is 31.2 Å². The number of nitrogens with two attached hydrogens (primary N) is 1. The number of aromatic nitrogens is 4. The van der Waals surface area contributed by atoms with Crippen molar-refractivity contribution >= 4 is 5.78 Å². The van der Waals surface area contributed by atoms with Crippen LogP contribution in [0.1, 0.15) is 23.2 Å². The molecule has 2 heterocycles. The number of aliphatic hydroxyl groups is 1. The molecule has 2 aromatic rings. The first-order valence-electron chi connectivity index (χ1n) is 4.70. The van der Waals surface area contributed by atoms with E-state index in [9.17, 15) is 5.11 Å². The zero-order valence-electron chi connectivity index (χ0n) is 8.68. The molecule has 0 aliphatic heterocycles. The van der Waals surface area contributed by atoms with E-state index >= 15 is 0 Å². The molecule has 80 valence electrons. The highest BCUT2D eigenvalue weighted by molar-refractivity contribution is 5.31. The zero-order chi connectivity index (χ0) is 11.0. The monoisotopic (exact) mass is 207 g/mol. The van der Waals surface area contributed by atoms with Crippen LogP contribution < -0.4 is 5.73 Å². The third-order valence-electron chi connectivity index (χ3n) is 2.35. The molecule has 6 nitrogen and oxygen atoms in total. The summed E-state index contributed by atoms with van der Waals surface area (Å²) in [5.74, 6) is 0.487.